The van der Waals surface area contributed by atoms with E-state index in [1.54, 1.807) is 7.11 Å². The number of hydrogen-bond donors (Lipinski definition) is 2. The Morgan fingerprint density at radius 1 is 1.50 bits per heavy atom. The smallest absolute Gasteiger partial charge is 0.0909 e. The first-order valence-corrected chi connectivity index (χ1v) is 4.14. The fraction of sp³-hybridized carbons (Fsp3) is 1.00. The Hall–Kier alpha value is 0.170. The molecule has 0 unspecified atom stereocenters. The number of methoxy groups -OCH3 is 1. The van der Waals surface area contributed by atoms with Crippen molar-refractivity contribution in [2.24, 2.45) is 5.73 Å². The van der Waals surface area contributed by atoms with Gasteiger partial charge in [0, 0.05) is 13.2 Å². The van der Waals surface area contributed by atoms with Crippen LogP contribution in [0.3, 0.4) is 0 Å². The zero-order valence-corrected chi connectivity index (χ0v) is 8.27. The van der Waals surface area contributed by atoms with Crippen LogP contribution in [0.2, 0.25) is 0 Å². The lowest BCUT2D eigenvalue weighted by molar-refractivity contribution is -0.0778. The van der Waals surface area contributed by atoms with Crippen molar-refractivity contribution >= 4 is 12.4 Å². The summed E-state index contributed by atoms with van der Waals surface area (Å²) in [7, 11) is 1.66. The highest BCUT2D eigenvalue weighted by atomic mass is 35.5. The molecule has 74 valence electrons. The fourth-order valence-electron chi connectivity index (χ4n) is 1.59. The van der Waals surface area contributed by atoms with Crippen molar-refractivity contribution < 1.29 is 9.84 Å². The Kier molecular flexibility index (Phi) is 5.09. The Morgan fingerprint density at radius 2 is 2.00 bits per heavy atom. The number of ether oxygens (including phenoxy) is 1. The standard InChI is InChI=1S/C8H17NO2.ClH/c1-11-8(6-10)4-2-7(9)3-5-8;/h7,10H,2-6,9H2,1H3;1H/t7-,8-;. The Morgan fingerprint density at radius 3 is 2.33 bits per heavy atom. The zero-order valence-electron chi connectivity index (χ0n) is 7.45. The number of rotatable bonds is 2. The molecule has 3 nitrogen and oxygen atoms in total. The predicted molar refractivity (Wildman–Crippen MR) is 50.5 cm³/mol. The number of nitrogens with two attached hydrogens (primary N) is 1. The normalized spacial score (nSPS) is 35.8. The van der Waals surface area contributed by atoms with Crippen molar-refractivity contribution in [3.05, 3.63) is 0 Å². The molecule has 0 aromatic carbocycles. The highest BCUT2D eigenvalue weighted by Gasteiger charge is 2.33. The third-order valence-corrected chi connectivity index (χ3v) is 2.66. The second kappa shape index (κ2) is 5.02. The molecule has 0 aliphatic heterocycles. The summed E-state index contributed by atoms with van der Waals surface area (Å²) in [4.78, 5) is 0. The molecule has 1 saturated carbocycles. The Bertz CT molecular complexity index is 118. The summed E-state index contributed by atoms with van der Waals surface area (Å²) >= 11 is 0. The van der Waals surface area contributed by atoms with E-state index >= 15 is 0 Å². The van der Waals surface area contributed by atoms with E-state index in [0.717, 1.165) is 25.7 Å². The van der Waals surface area contributed by atoms with Crippen LogP contribution in [0.15, 0.2) is 0 Å². The molecule has 12 heavy (non-hydrogen) atoms. The first kappa shape index (κ1) is 12.2. The van der Waals surface area contributed by atoms with E-state index in [0.29, 0.717) is 6.04 Å². The first-order chi connectivity index (χ1) is 5.22. The van der Waals surface area contributed by atoms with Crippen molar-refractivity contribution in [3.63, 3.8) is 0 Å². The summed E-state index contributed by atoms with van der Waals surface area (Å²) in [6.07, 6.45) is 3.71. The molecule has 0 radical (unpaired) electrons. The minimum absolute atomic E-state index is 0. The maximum Gasteiger partial charge on any atom is 0.0909 e. The average Bonchev–Trinajstić information content (AvgIpc) is 2.07. The van der Waals surface area contributed by atoms with E-state index in [4.69, 9.17) is 15.6 Å². The lowest BCUT2D eigenvalue weighted by atomic mass is 9.83. The van der Waals surface area contributed by atoms with Crippen LogP contribution in [0, 0.1) is 0 Å². The summed E-state index contributed by atoms with van der Waals surface area (Å²) in [5.74, 6) is 0. The molecule has 1 aliphatic rings. The van der Waals surface area contributed by atoms with E-state index in [1.165, 1.54) is 0 Å². The number of hydrogen-bond acceptors (Lipinski definition) is 3. The van der Waals surface area contributed by atoms with Crippen molar-refractivity contribution in [2.75, 3.05) is 13.7 Å². The summed E-state index contributed by atoms with van der Waals surface area (Å²) in [5.41, 5.74) is 5.45. The molecular weight excluding hydrogens is 178 g/mol. The van der Waals surface area contributed by atoms with Crippen LogP contribution in [0.4, 0.5) is 0 Å². The largest absolute Gasteiger partial charge is 0.393 e. The van der Waals surface area contributed by atoms with Gasteiger partial charge in [0.05, 0.1) is 12.2 Å². The van der Waals surface area contributed by atoms with Crippen molar-refractivity contribution in [2.45, 2.75) is 37.3 Å². The fourth-order valence-corrected chi connectivity index (χ4v) is 1.59. The molecule has 1 fully saturated rings. The van der Waals surface area contributed by atoms with Gasteiger partial charge >= 0.3 is 0 Å². The van der Waals surface area contributed by atoms with Crippen LogP contribution >= 0.6 is 12.4 Å². The lowest BCUT2D eigenvalue weighted by Gasteiger charge is -2.36. The van der Waals surface area contributed by atoms with Gasteiger partial charge in [-0.1, -0.05) is 0 Å². The second-order valence-corrected chi connectivity index (χ2v) is 3.38. The number of aliphatic hydroxyl groups is 1. The average molecular weight is 196 g/mol. The molecule has 1 aliphatic carbocycles. The van der Waals surface area contributed by atoms with Gasteiger partial charge < -0.3 is 15.6 Å². The number of aliphatic hydroxyl groups excluding tert-OH is 1. The molecule has 0 heterocycles. The molecule has 0 atom stereocenters. The summed E-state index contributed by atoms with van der Waals surface area (Å²) < 4.78 is 5.27. The molecule has 0 aromatic rings. The Labute approximate surface area is 79.7 Å². The highest BCUT2D eigenvalue weighted by molar-refractivity contribution is 5.85. The van der Waals surface area contributed by atoms with Crippen LogP contribution in [0.25, 0.3) is 0 Å². The van der Waals surface area contributed by atoms with Crippen molar-refractivity contribution in [1.82, 2.24) is 0 Å². The minimum atomic E-state index is -0.282. The molecule has 4 heteroatoms. The molecule has 0 bridgehead atoms. The molecule has 0 saturated heterocycles. The van der Waals surface area contributed by atoms with Crippen LogP contribution < -0.4 is 5.73 Å². The van der Waals surface area contributed by atoms with Crippen LogP contribution in [0.1, 0.15) is 25.7 Å². The zero-order chi connectivity index (χ0) is 8.32. The van der Waals surface area contributed by atoms with Gasteiger partial charge in [-0.3, -0.25) is 0 Å². The van der Waals surface area contributed by atoms with Gasteiger partial charge in [0.1, 0.15) is 0 Å². The van der Waals surface area contributed by atoms with E-state index in [9.17, 15) is 0 Å². The molecule has 1 rings (SSSR count). The summed E-state index contributed by atoms with van der Waals surface area (Å²) in [6, 6.07) is 0.310. The lowest BCUT2D eigenvalue weighted by Crippen LogP contribution is -2.43. The first-order valence-electron chi connectivity index (χ1n) is 4.14. The minimum Gasteiger partial charge on any atom is -0.393 e. The summed E-state index contributed by atoms with van der Waals surface area (Å²) in [6.45, 7) is 0.121. The SMILES string of the molecule is CO[C@]1(CO)CC[C@@H](N)CC1.Cl. The Balaban J connectivity index is 0.00000121. The molecule has 0 amide bonds. The van der Waals surface area contributed by atoms with Gasteiger partial charge in [-0.2, -0.15) is 0 Å². The van der Waals surface area contributed by atoms with E-state index in [-0.39, 0.29) is 24.6 Å². The van der Waals surface area contributed by atoms with Gasteiger partial charge in [0.2, 0.25) is 0 Å². The molecule has 0 aromatic heterocycles. The van der Waals surface area contributed by atoms with Crippen LogP contribution in [-0.4, -0.2) is 30.5 Å². The van der Waals surface area contributed by atoms with Crippen LogP contribution in [-0.2, 0) is 4.74 Å². The van der Waals surface area contributed by atoms with Gasteiger partial charge in [-0.05, 0) is 25.7 Å². The third-order valence-electron chi connectivity index (χ3n) is 2.66. The molecule has 0 spiro atoms. The molecule has 3 N–H and O–H groups in total. The van der Waals surface area contributed by atoms with Gasteiger partial charge in [-0.15, -0.1) is 12.4 Å². The molecular formula is C8H18ClNO2. The third kappa shape index (κ3) is 2.59. The van der Waals surface area contributed by atoms with Crippen molar-refractivity contribution in [3.8, 4) is 0 Å². The van der Waals surface area contributed by atoms with Gasteiger partial charge in [0.15, 0.2) is 0 Å². The second-order valence-electron chi connectivity index (χ2n) is 3.38. The summed E-state index contributed by atoms with van der Waals surface area (Å²) in [5, 5.41) is 9.06. The van der Waals surface area contributed by atoms with Crippen LogP contribution in [0.5, 0.6) is 0 Å². The van der Waals surface area contributed by atoms with Gasteiger partial charge in [0.25, 0.3) is 0 Å². The van der Waals surface area contributed by atoms with E-state index < -0.39 is 0 Å². The van der Waals surface area contributed by atoms with Crippen molar-refractivity contribution in [1.29, 1.82) is 0 Å². The maximum atomic E-state index is 9.06. The number of halogens is 1. The van der Waals surface area contributed by atoms with E-state index in [1.807, 2.05) is 0 Å². The highest BCUT2D eigenvalue weighted by Crippen LogP contribution is 2.29. The quantitative estimate of drug-likeness (QED) is 0.682. The predicted octanol–water partition coefficient (Wildman–Crippen LogP) is 0.687. The van der Waals surface area contributed by atoms with Gasteiger partial charge in [-0.25, -0.2) is 0 Å². The maximum absolute atomic E-state index is 9.06. The monoisotopic (exact) mass is 195 g/mol. The van der Waals surface area contributed by atoms with E-state index in [2.05, 4.69) is 0 Å². The topological polar surface area (TPSA) is 55.5 Å².